The van der Waals surface area contributed by atoms with Crippen molar-refractivity contribution in [2.45, 2.75) is 120 Å². The van der Waals surface area contributed by atoms with Crippen LogP contribution in [0.4, 0.5) is 0 Å². The van der Waals surface area contributed by atoms with Crippen molar-refractivity contribution < 1.29 is 0 Å². The number of hydrogen-bond acceptors (Lipinski definition) is 0. The summed E-state index contributed by atoms with van der Waals surface area (Å²) in [6, 6.07) is 0. The molecule has 0 atom stereocenters. The Balaban J connectivity index is 0. The van der Waals surface area contributed by atoms with Gasteiger partial charge in [-0.25, -0.2) is 0 Å². The van der Waals surface area contributed by atoms with Crippen LogP contribution in [0.5, 0.6) is 0 Å². The Hall–Kier alpha value is -0.260. The van der Waals surface area contributed by atoms with Gasteiger partial charge in [0.25, 0.3) is 0 Å². The van der Waals surface area contributed by atoms with Crippen molar-refractivity contribution >= 4 is 0 Å². The summed E-state index contributed by atoms with van der Waals surface area (Å²) in [5.41, 5.74) is 3.95. The average molecular weight is 297 g/mol. The molecular formula is C21H44. The highest BCUT2D eigenvalue weighted by atomic mass is 14.3. The van der Waals surface area contributed by atoms with E-state index in [0.29, 0.717) is 5.41 Å². The summed E-state index contributed by atoms with van der Waals surface area (Å²) in [5.74, 6) is 0. The van der Waals surface area contributed by atoms with E-state index in [1.165, 1.54) is 64.2 Å². The molecule has 0 heteroatoms. The molecule has 1 aliphatic carbocycles. The van der Waals surface area contributed by atoms with Crippen molar-refractivity contribution in [3.63, 3.8) is 0 Å². The fourth-order valence-corrected chi connectivity index (χ4v) is 3.08. The van der Waals surface area contributed by atoms with Crippen LogP contribution in [-0.4, -0.2) is 0 Å². The number of allylic oxidation sites excluding steroid dienone is 2. The maximum Gasteiger partial charge on any atom is -0.0142 e. The Bertz CT molecular complexity index is 241. The second-order valence-corrected chi connectivity index (χ2v) is 6.81. The molecule has 0 nitrogen and oxygen atoms in total. The van der Waals surface area contributed by atoms with Gasteiger partial charge in [-0.1, -0.05) is 91.7 Å². The van der Waals surface area contributed by atoms with E-state index in [2.05, 4.69) is 41.5 Å². The quantitative estimate of drug-likeness (QED) is 0.341. The Morgan fingerprint density at radius 2 is 1.33 bits per heavy atom. The molecule has 0 aromatic rings. The first kappa shape index (κ1) is 23.0. The molecule has 0 fully saturated rings. The molecule has 0 bridgehead atoms. The summed E-state index contributed by atoms with van der Waals surface area (Å²) < 4.78 is 0. The first-order valence-electron chi connectivity index (χ1n) is 9.68. The normalized spacial score (nSPS) is 16.6. The average Bonchev–Trinajstić information content (AvgIpc) is 2.47. The van der Waals surface area contributed by atoms with Gasteiger partial charge in [-0.3, -0.25) is 0 Å². The highest BCUT2D eigenvalue weighted by Gasteiger charge is 2.27. The topological polar surface area (TPSA) is 0 Å². The summed E-state index contributed by atoms with van der Waals surface area (Å²) >= 11 is 0. The highest BCUT2D eigenvalue weighted by Crippen LogP contribution is 2.42. The van der Waals surface area contributed by atoms with E-state index in [1.807, 2.05) is 13.8 Å². The summed E-state index contributed by atoms with van der Waals surface area (Å²) in [7, 11) is 0. The number of hydrogen-bond donors (Lipinski definition) is 0. The van der Waals surface area contributed by atoms with Gasteiger partial charge >= 0.3 is 0 Å². The first-order chi connectivity index (χ1) is 9.99. The van der Waals surface area contributed by atoms with Gasteiger partial charge < -0.3 is 0 Å². The predicted octanol–water partition coefficient (Wildman–Crippen LogP) is 8.32. The molecule has 0 aromatic heterocycles. The second kappa shape index (κ2) is 14.7. The standard InChI is InChI=1S/C13H24.C6H14.C2H6/c1-5-6-9-12-11(2)8-7-10-13(12,3)4;1-3-5-6-4-2;1-2/h5-10H2,1-4H3;3-6H2,1-2H3;1-2H3. The Morgan fingerprint density at radius 1 is 0.857 bits per heavy atom. The van der Waals surface area contributed by atoms with Gasteiger partial charge in [-0.2, -0.15) is 0 Å². The van der Waals surface area contributed by atoms with Crippen LogP contribution >= 0.6 is 0 Å². The van der Waals surface area contributed by atoms with Crippen molar-refractivity contribution in [2.24, 2.45) is 5.41 Å². The maximum atomic E-state index is 2.42. The van der Waals surface area contributed by atoms with Crippen molar-refractivity contribution in [3.05, 3.63) is 11.1 Å². The van der Waals surface area contributed by atoms with E-state index < -0.39 is 0 Å². The molecule has 0 unspecified atom stereocenters. The van der Waals surface area contributed by atoms with Gasteiger partial charge in [0.1, 0.15) is 0 Å². The molecule has 0 N–H and O–H groups in total. The maximum absolute atomic E-state index is 2.42. The lowest BCUT2D eigenvalue weighted by Gasteiger charge is -2.34. The molecule has 21 heavy (non-hydrogen) atoms. The van der Waals surface area contributed by atoms with Crippen LogP contribution in [0, 0.1) is 5.41 Å². The van der Waals surface area contributed by atoms with Crippen molar-refractivity contribution in [3.8, 4) is 0 Å². The van der Waals surface area contributed by atoms with Crippen LogP contribution in [0.3, 0.4) is 0 Å². The van der Waals surface area contributed by atoms with Gasteiger partial charge in [0.15, 0.2) is 0 Å². The number of unbranched alkanes of at least 4 members (excludes halogenated alkanes) is 4. The zero-order valence-corrected chi connectivity index (χ0v) is 16.6. The summed E-state index contributed by atoms with van der Waals surface area (Å²) in [6.07, 6.45) is 13.7. The van der Waals surface area contributed by atoms with Crippen LogP contribution in [0.1, 0.15) is 120 Å². The van der Waals surface area contributed by atoms with Crippen LogP contribution in [0.15, 0.2) is 11.1 Å². The molecule has 128 valence electrons. The van der Waals surface area contributed by atoms with Gasteiger partial charge in [0, 0.05) is 0 Å². The lowest BCUT2D eigenvalue weighted by molar-refractivity contribution is 0.352. The minimum absolute atomic E-state index is 0.498. The minimum atomic E-state index is 0.498. The van der Waals surface area contributed by atoms with E-state index in [1.54, 1.807) is 11.1 Å². The Labute approximate surface area is 136 Å². The van der Waals surface area contributed by atoms with Gasteiger partial charge in [-0.05, 0) is 44.4 Å². The summed E-state index contributed by atoms with van der Waals surface area (Å²) in [4.78, 5) is 0. The minimum Gasteiger partial charge on any atom is -0.0736 e. The Kier molecular flexibility index (Phi) is 16.1. The third-order valence-corrected chi connectivity index (χ3v) is 4.42. The van der Waals surface area contributed by atoms with E-state index in [-0.39, 0.29) is 0 Å². The molecule has 0 aromatic carbocycles. The lowest BCUT2D eigenvalue weighted by atomic mass is 9.71. The molecule has 0 saturated carbocycles. The largest absolute Gasteiger partial charge is 0.0736 e. The molecule has 0 amide bonds. The van der Waals surface area contributed by atoms with Crippen LogP contribution in [-0.2, 0) is 0 Å². The van der Waals surface area contributed by atoms with Crippen LogP contribution in [0.2, 0.25) is 0 Å². The Morgan fingerprint density at radius 3 is 1.71 bits per heavy atom. The molecule has 1 rings (SSSR count). The summed E-state index contributed by atoms with van der Waals surface area (Å²) in [5, 5.41) is 0. The van der Waals surface area contributed by atoms with Gasteiger partial charge in [0.05, 0.1) is 0 Å². The van der Waals surface area contributed by atoms with E-state index in [0.717, 1.165) is 0 Å². The second-order valence-electron chi connectivity index (χ2n) is 6.81. The lowest BCUT2D eigenvalue weighted by Crippen LogP contribution is -2.20. The SMILES string of the molecule is CC.CCCCC1=C(C)CCCC1(C)C.CCCCCC. The van der Waals surface area contributed by atoms with Crippen LogP contribution in [0.25, 0.3) is 0 Å². The first-order valence-corrected chi connectivity index (χ1v) is 9.68. The molecule has 0 heterocycles. The monoisotopic (exact) mass is 296 g/mol. The third kappa shape index (κ3) is 11.0. The van der Waals surface area contributed by atoms with Crippen molar-refractivity contribution in [2.75, 3.05) is 0 Å². The molecule has 0 spiro atoms. The highest BCUT2D eigenvalue weighted by molar-refractivity contribution is 5.22. The third-order valence-electron chi connectivity index (χ3n) is 4.42. The number of rotatable bonds is 6. The predicted molar refractivity (Wildman–Crippen MR) is 101 cm³/mol. The molecule has 0 aliphatic heterocycles. The molecule has 0 saturated heterocycles. The van der Waals surface area contributed by atoms with Crippen molar-refractivity contribution in [1.82, 2.24) is 0 Å². The molecular weight excluding hydrogens is 252 g/mol. The van der Waals surface area contributed by atoms with E-state index in [9.17, 15) is 0 Å². The fourth-order valence-electron chi connectivity index (χ4n) is 3.08. The smallest absolute Gasteiger partial charge is 0.0142 e. The summed E-state index contributed by atoms with van der Waals surface area (Å²) in [6.45, 7) is 17.9. The van der Waals surface area contributed by atoms with E-state index >= 15 is 0 Å². The van der Waals surface area contributed by atoms with Gasteiger partial charge in [0.2, 0.25) is 0 Å². The van der Waals surface area contributed by atoms with Crippen LogP contribution < -0.4 is 0 Å². The fraction of sp³-hybridized carbons (Fsp3) is 0.905. The zero-order valence-electron chi connectivity index (χ0n) is 16.6. The van der Waals surface area contributed by atoms with Crippen molar-refractivity contribution in [1.29, 1.82) is 0 Å². The van der Waals surface area contributed by atoms with Gasteiger partial charge in [-0.15, -0.1) is 0 Å². The molecule has 0 radical (unpaired) electrons. The van der Waals surface area contributed by atoms with E-state index in [4.69, 9.17) is 0 Å². The molecule has 1 aliphatic rings. The zero-order chi connectivity index (χ0) is 16.7.